The van der Waals surface area contributed by atoms with E-state index >= 15 is 0 Å². The molecule has 5 heteroatoms. The number of benzene rings is 1. The van der Waals surface area contributed by atoms with Crippen molar-refractivity contribution in [2.75, 3.05) is 6.54 Å². The van der Waals surface area contributed by atoms with E-state index in [4.69, 9.17) is 0 Å². The fourth-order valence-corrected chi connectivity index (χ4v) is 2.91. The fraction of sp³-hybridized carbons (Fsp3) is 0.600. The van der Waals surface area contributed by atoms with Gasteiger partial charge in [-0.3, -0.25) is 0 Å². The highest BCUT2D eigenvalue weighted by molar-refractivity contribution is 9.10. The molecule has 0 bridgehead atoms. The predicted molar refractivity (Wildman–Crippen MR) is 79.6 cm³/mol. The zero-order valence-electron chi connectivity index (χ0n) is 12.0. The van der Waals surface area contributed by atoms with Crippen LogP contribution in [0.2, 0.25) is 0 Å². The average Bonchev–Trinajstić information content (AvgIpc) is 2.35. The molecule has 114 valence electrons. The molecule has 20 heavy (non-hydrogen) atoms. The first-order valence-corrected chi connectivity index (χ1v) is 7.70. The molecule has 0 aromatic heterocycles. The van der Waals surface area contributed by atoms with Crippen LogP contribution < -0.4 is 5.32 Å². The Bertz CT molecular complexity index is 432. The van der Waals surface area contributed by atoms with E-state index in [0.717, 1.165) is 29.9 Å². The molecule has 1 rings (SSSR count). The topological polar surface area (TPSA) is 12.0 Å². The van der Waals surface area contributed by atoms with Crippen molar-refractivity contribution in [3.63, 3.8) is 0 Å². The first-order valence-electron chi connectivity index (χ1n) is 6.91. The van der Waals surface area contributed by atoms with Crippen LogP contribution >= 0.6 is 15.9 Å². The van der Waals surface area contributed by atoms with Crippen LogP contribution in [-0.2, 0) is 6.18 Å². The molecule has 0 aliphatic carbocycles. The molecule has 0 radical (unpaired) electrons. The Hall–Kier alpha value is -0.550. The van der Waals surface area contributed by atoms with Crippen LogP contribution in [0, 0.1) is 5.92 Å². The lowest BCUT2D eigenvalue weighted by atomic mass is 9.90. The van der Waals surface area contributed by atoms with Crippen molar-refractivity contribution in [3.05, 3.63) is 33.8 Å². The Morgan fingerprint density at radius 1 is 1.25 bits per heavy atom. The summed E-state index contributed by atoms with van der Waals surface area (Å²) in [5, 5.41) is 3.31. The third-order valence-corrected chi connectivity index (χ3v) is 4.12. The minimum atomic E-state index is -4.31. The standard InChI is InChI=1S/C15H21BrF3N/c1-4-6-10(3)14(20-5-2)12-9-11(15(17,18)19)7-8-13(12)16/h7-10,14,20H,4-6H2,1-3H3. The summed E-state index contributed by atoms with van der Waals surface area (Å²) in [6, 6.07) is 3.78. The number of halogens is 4. The van der Waals surface area contributed by atoms with Gasteiger partial charge in [0, 0.05) is 10.5 Å². The first kappa shape index (κ1) is 17.5. The third kappa shape index (κ3) is 4.48. The fourth-order valence-electron chi connectivity index (χ4n) is 2.42. The van der Waals surface area contributed by atoms with Crippen molar-refractivity contribution in [2.24, 2.45) is 5.92 Å². The Morgan fingerprint density at radius 3 is 2.40 bits per heavy atom. The second kappa shape index (κ2) is 7.46. The van der Waals surface area contributed by atoms with Gasteiger partial charge in [-0.05, 0) is 42.6 Å². The quantitative estimate of drug-likeness (QED) is 0.707. The summed E-state index contributed by atoms with van der Waals surface area (Å²) in [6.45, 7) is 6.85. The maximum atomic E-state index is 12.9. The summed E-state index contributed by atoms with van der Waals surface area (Å²) in [6.07, 6.45) is -2.32. The maximum Gasteiger partial charge on any atom is 0.416 e. The van der Waals surface area contributed by atoms with Gasteiger partial charge in [-0.2, -0.15) is 13.2 Å². The summed E-state index contributed by atoms with van der Waals surface area (Å²) in [5.74, 6) is 0.278. The SMILES string of the molecule is CCCC(C)C(NCC)c1cc(C(F)(F)F)ccc1Br. The molecule has 1 N–H and O–H groups in total. The van der Waals surface area contributed by atoms with Crippen molar-refractivity contribution in [1.82, 2.24) is 5.32 Å². The molecule has 2 unspecified atom stereocenters. The Labute approximate surface area is 127 Å². The number of hydrogen-bond donors (Lipinski definition) is 1. The highest BCUT2D eigenvalue weighted by atomic mass is 79.9. The second-order valence-corrected chi connectivity index (χ2v) is 5.89. The third-order valence-electron chi connectivity index (χ3n) is 3.40. The molecule has 0 spiro atoms. The number of alkyl halides is 3. The lowest BCUT2D eigenvalue weighted by Gasteiger charge is -2.27. The highest BCUT2D eigenvalue weighted by Crippen LogP contribution is 2.36. The van der Waals surface area contributed by atoms with E-state index in [2.05, 4.69) is 35.1 Å². The van der Waals surface area contributed by atoms with E-state index in [-0.39, 0.29) is 12.0 Å². The van der Waals surface area contributed by atoms with E-state index in [1.54, 1.807) is 0 Å². The van der Waals surface area contributed by atoms with Gasteiger partial charge in [0.15, 0.2) is 0 Å². The first-order chi connectivity index (χ1) is 9.31. The van der Waals surface area contributed by atoms with E-state index < -0.39 is 11.7 Å². The van der Waals surface area contributed by atoms with Gasteiger partial charge in [-0.15, -0.1) is 0 Å². The van der Waals surface area contributed by atoms with Gasteiger partial charge in [0.05, 0.1) is 5.56 Å². The molecular weight excluding hydrogens is 331 g/mol. The van der Waals surface area contributed by atoms with Crippen molar-refractivity contribution in [3.8, 4) is 0 Å². The van der Waals surface area contributed by atoms with Crippen LogP contribution in [-0.4, -0.2) is 6.54 Å². The number of hydrogen-bond acceptors (Lipinski definition) is 1. The van der Waals surface area contributed by atoms with E-state index in [0.29, 0.717) is 5.56 Å². The zero-order valence-corrected chi connectivity index (χ0v) is 13.6. The van der Waals surface area contributed by atoms with E-state index in [9.17, 15) is 13.2 Å². The maximum absolute atomic E-state index is 12.9. The Morgan fingerprint density at radius 2 is 1.90 bits per heavy atom. The van der Waals surface area contributed by atoms with Crippen molar-refractivity contribution in [2.45, 2.75) is 45.8 Å². The largest absolute Gasteiger partial charge is 0.416 e. The van der Waals surface area contributed by atoms with Crippen LogP contribution in [0.3, 0.4) is 0 Å². The lowest BCUT2D eigenvalue weighted by Crippen LogP contribution is -2.27. The molecule has 0 saturated carbocycles. The van der Waals surface area contributed by atoms with Crippen LogP contribution in [0.5, 0.6) is 0 Å². The van der Waals surface area contributed by atoms with E-state index in [1.807, 2.05) is 6.92 Å². The van der Waals surface area contributed by atoms with Crippen LogP contribution in [0.15, 0.2) is 22.7 Å². The molecule has 1 aromatic carbocycles. The van der Waals surface area contributed by atoms with Crippen LogP contribution in [0.1, 0.15) is 50.8 Å². The van der Waals surface area contributed by atoms with Gasteiger partial charge in [0.25, 0.3) is 0 Å². The van der Waals surface area contributed by atoms with Gasteiger partial charge < -0.3 is 5.32 Å². The molecule has 2 atom stereocenters. The molecule has 0 saturated heterocycles. The predicted octanol–water partition coefficient (Wildman–Crippen LogP) is 5.55. The van der Waals surface area contributed by atoms with Gasteiger partial charge >= 0.3 is 6.18 Å². The van der Waals surface area contributed by atoms with Gasteiger partial charge in [0.1, 0.15) is 0 Å². The smallest absolute Gasteiger partial charge is 0.310 e. The van der Waals surface area contributed by atoms with Gasteiger partial charge in [-0.25, -0.2) is 0 Å². The molecule has 1 nitrogen and oxygen atoms in total. The molecular formula is C15H21BrF3N. The number of rotatable bonds is 6. The highest BCUT2D eigenvalue weighted by Gasteiger charge is 2.32. The Kier molecular flexibility index (Phi) is 6.52. The molecule has 0 fully saturated rings. The molecule has 0 amide bonds. The zero-order chi connectivity index (χ0) is 15.3. The minimum Gasteiger partial charge on any atom is -0.310 e. The second-order valence-electron chi connectivity index (χ2n) is 5.04. The molecule has 0 aliphatic heterocycles. The number of nitrogens with one attached hydrogen (secondary N) is 1. The summed E-state index contributed by atoms with van der Waals surface area (Å²) in [5.41, 5.74) is 0.0879. The summed E-state index contributed by atoms with van der Waals surface area (Å²) >= 11 is 3.38. The van der Waals surface area contributed by atoms with Gasteiger partial charge in [-0.1, -0.05) is 43.1 Å². The van der Waals surface area contributed by atoms with Crippen LogP contribution in [0.4, 0.5) is 13.2 Å². The lowest BCUT2D eigenvalue weighted by molar-refractivity contribution is -0.137. The van der Waals surface area contributed by atoms with Crippen molar-refractivity contribution < 1.29 is 13.2 Å². The average molecular weight is 352 g/mol. The monoisotopic (exact) mass is 351 g/mol. The van der Waals surface area contributed by atoms with E-state index in [1.165, 1.54) is 12.1 Å². The molecule has 1 aromatic rings. The van der Waals surface area contributed by atoms with Gasteiger partial charge in [0.2, 0.25) is 0 Å². The Balaban J connectivity index is 3.18. The van der Waals surface area contributed by atoms with Crippen molar-refractivity contribution in [1.29, 1.82) is 0 Å². The van der Waals surface area contributed by atoms with Crippen LogP contribution in [0.25, 0.3) is 0 Å². The summed E-state index contributed by atoms with van der Waals surface area (Å²) in [4.78, 5) is 0. The normalized spacial score (nSPS) is 15.2. The minimum absolute atomic E-state index is 0.0726. The van der Waals surface area contributed by atoms with Crippen molar-refractivity contribution >= 4 is 15.9 Å². The molecule has 0 heterocycles. The summed E-state index contributed by atoms with van der Waals surface area (Å²) < 4.78 is 39.3. The molecule has 0 aliphatic rings. The summed E-state index contributed by atoms with van der Waals surface area (Å²) in [7, 11) is 0.